The summed E-state index contributed by atoms with van der Waals surface area (Å²) in [5.41, 5.74) is 7.32. The van der Waals surface area contributed by atoms with Gasteiger partial charge in [-0.2, -0.15) is 0 Å². The normalized spacial score (nSPS) is 12.5. The molecule has 0 spiro atoms. The second kappa shape index (κ2) is 6.72. The van der Waals surface area contributed by atoms with Crippen molar-refractivity contribution in [3.63, 3.8) is 0 Å². The molecule has 3 rings (SSSR count). The summed E-state index contributed by atoms with van der Waals surface area (Å²) in [6, 6.07) is 9.24. The van der Waals surface area contributed by atoms with Crippen molar-refractivity contribution in [3.8, 4) is 5.75 Å². The summed E-state index contributed by atoms with van der Waals surface area (Å²) in [5, 5.41) is 1.42. The highest BCUT2D eigenvalue weighted by Crippen LogP contribution is 2.33. The first kappa shape index (κ1) is 19.0. The molecule has 1 heterocycles. The summed E-state index contributed by atoms with van der Waals surface area (Å²) >= 11 is 0. The van der Waals surface area contributed by atoms with E-state index < -0.39 is 5.54 Å². The van der Waals surface area contributed by atoms with Crippen molar-refractivity contribution < 1.29 is 14.3 Å². The van der Waals surface area contributed by atoms with E-state index in [9.17, 15) is 9.59 Å². The highest BCUT2D eigenvalue weighted by atomic mass is 16.5. The van der Waals surface area contributed by atoms with Crippen LogP contribution in [0, 0.1) is 20.8 Å². The van der Waals surface area contributed by atoms with Crippen molar-refractivity contribution in [2.75, 3.05) is 0 Å². The van der Waals surface area contributed by atoms with E-state index in [1.165, 1.54) is 5.01 Å². The molecular weight excluding hydrogens is 340 g/mol. The zero-order valence-corrected chi connectivity index (χ0v) is 16.8. The lowest BCUT2D eigenvalue weighted by Crippen LogP contribution is -2.56. The van der Waals surface area contributed by atoms with Crippen LogP contribution >= 0.6 is 0 Å². The number of hydrogen-bond acceptors (Lipinski definition) is 3. The Bertz CT molecular complexity index is 906. The number of amides is 2. The van der Waals surface area contributed by atoms with Gasteiger partial charge in [0.15, 0.2) is 0 Å². The maximum atomic E-state index is 13.2. The summed E-state index contributed by atoms with van der Waals surface area (Å²) in [6.45, 7) is 12.0. The molecule has 0 saturated heterocycles. The van der Waals surface area contributed by atoms with Crippen LogP contribution in [0.15, 0.2) is 30.3 Å². The number of nitrogens with zero attached hydrogens (tertiary/aromatic N) is 1. The molecule has 27 heavy (non-hydrogen) atoms. The molecule has 5 heteroatoms. The third kappa shape index (κ3) is 3.68. The number of carbonyl (C=O) groups is 2. The monoisotopic (exact) mass is 366 g/mol. The second-order valence-electron chi connectivity index (χ2n) is 8.13. The van der Waals surface area contributed by atoms with Gasteiger partial charge < -0.3 is 4.74 Å². The number of carbonyl (C=O) groups excluding carboxylic acids is 2. The van der Waals surface area contributed by atoms with E-state index in [-0.39, 0.29) is 11.8 Å². The molecule has 0 radical (unpaired) electrons. The highest BCUT2D eigenvalue weighted by molar-refractivity contribution is 6.00. The topological polar surface area (TPSA) is 58.6 Å². The molecule has 2 aromatic carbocycles. The lowest BCUT2D eigenvalue weighted by molar-refractivity contribution is 0.0358. The zero-order valence-electron chi connectivity index (χ0n) is 16.8. The summed E-state index contributed by atoms with van der Waals surface area (Å²) in [6.07, 6.45) is 0. The van der Waals surface area contributed by atoms with E-state index >= 15 is 0 Å². The van der Waals surface area contributed by atoms with Crippen LogP contribution in [0.5, 0.6) is 5.75 Å². The van der Waals surface area contributed by atoms with Crippen LogP contribution in [0.4, 0.5) is 0 Å². The van der Waals surface area contributed by atoms with Crippen molar-refractivity contribution in [3.05, 3.63) is 63.7 Å². The molecule has 0 saturated carbocycles. The van der Waals surface area contributed by atoms with Gasteiger partial charge in [0.25, 0.3) is 11.8 Å². The van der Waals surface area contributed by atoms with Gasteiger partial charge in [0, 0.05) is 16.7 Å². The molecule has 0 fully saturated rings. The SMILES string of the molecule is Cc1cc(C)cc(C(=O)N(NC(=O)c2ccc3c(c2C)CO3)C(C)(C)C)c1. The van der Waals surface area contributed by atoms with Crippen molar-refractivity contribution >= 4 is 11.8 Å². The van der Waals surface area contributed by atoms with Gasteiger partial charge in [-0.25, -0.2) is 5.01 Å². The first-order valence-corrected chi connectivity index (χ1v) is 9.07. The number of hydrogen-bond donors (Lipinski definition) is 1. The lowest BCUT2D eigenvalue weighted by Gasteiger charge is -2.36. The average Bonchev–Trinajstić information content (AvgIpc) is 2.51. The number of benzene rings is 2. The summed E-state index contributed by atoms with van der Waals surface area (Å²) < 4.78 is 5.35. The number of nitrogens with one attached hydrogen (secondary N) is 1. The van der Waals surface area contributed by atoms with E-state index in [0.29, 0.717) is 17.7 Å². The predicted molar refractivity (Wildman–Crippen MR) is 105 cm³/mol. The summed E-state index contributed by atoms with van der Waals surface area (Å²) in [7, 11) is 0. The second-order valence-corrected chi connectivity index (χ2v) is 8.13. The van der Waals surface area contributed by atoms with Crippen LogP contribution in [-0.2, 0) is 6.61 Å². The molecule has 0 unspecified atom stereocenters. The molecule has 142 valence electrons. The Kier molecular flexibility index (Phi) is 4.72. The maximum Gasteiger partial charge on any atom is 0.272 e. The van der Waals surface area contributed by atoms with Gasteiger partial charge in [0.05, 0.1) is 5.54 Å². The fraction of sp³-hybridized carbons (Fsp3) is 0.364. The fourth-order valence-corrected chi connectivity index (χ4v) is 3.27. The van der Waals surface area contributed by atoms with Gasteiger partial charge in [-0.05, 0) is 71.4 Å². The lowest BCUT2D eigenvalue weighted by atomic mass is 9.98. The Labute approximate surface area is 160 Å². The summed E-state index contributed by atoms with van der Waals surface area (Å²) in [5.74, 6) is 0.297. The Morgan fingerprint density at radius 1 is 1.04 bits per heavy atom. The van der Waals surface area contributed by atoms with Crippen molar-refractivity contribution in [1.29, 1.82) is 0 Å². The average molecular weight is 366 g/mol. The largest absolute Gasteiger partial charge is 0.488 e. The minimum Gasteiger partial charge on any atom is -0.488 e. The van der Waals surface area contributed by atoms with Crippen LogP contribution in [-0.4, -0.2) is 22.4 Å². The molecule has 0 atom stereocenters. The summed E-state index contributed by atoms with van der Waals surface area (Å²) in [4.78, 5) is 26.1. The van der Waals surface area contributed by atoms with E-state index in [1.54, 1.807) is 12.1 Å². The van der Waals surface area contributed by atoms with Gasteiger partial charge in [0.1, 0.15) is 12.4 Å². The van der Waals surface area contributed by atoms with Gasteiger partial charge in [-0.1, -0.05) is 17.2 Å². The standard InChI is InChI=1S/C22H26N2O3/c1-13-9-14(2)11-16(10-13)21(26)24(22(4,5)6)23-20(25)17-7-8-19-18(12-27-19)15(17)3/h7-11H,12H2,1-6H3,(H,23,25). The van der Waals surface area contributed by atoms with Crippen molar-refractivity contribution in [2.45, 2.75) is 53.7 Å². The molecule has 5 nitrogen and oxygen atoms in total. The third-order valence-corrected chi connectivity index (χ3v) is 4.73. The van der Waals surface area contributed by atoms with Crippen LogP contribution < -0.4 is 10.2 Å². The Morgan fingerprint density at radius 3 is 2.19 bits per heavy atom. The molecule has 1 aliphatic heterocycles. The molecule has 0 bridgehead atoms. The number of aryl methyl sites for hydroxylation is 2. The fourth-order valence-electron chi connectivity index (χ4n) is 3.27. The smallest absolute Gasteiger partial charge is 0.272 e. The van der Waals surface area contributed by atoms with E-state index in [4.69, 9.17) is 4.74 Å². The predicted octanol–water partition coefficient (Wildman–Crippen LogP) is 4.09. The van der Waals surface area contributed by atoms with Crippen LogP contribution in [0.25, 0.3) is 0 Å². The Morgan fingerprint density at radius 2 is 1.67 bits per heavy atom. The molecular formula is C22H26N2O3. The third-order valence-electron chi connectivity index (χ3n) is 4.73. The first-order chi connectivity index (χ1) is 12.6. The van der Waals surface area contributed by atoms with Crippen molar-refractivity contribution in [2.24, 2.45) is 0 Å². The van der Waals surface area contributed by atoms with E-state index in [0.717, 1.165) is 28.0 Å². The van der Waals surface area contributed by atoms with Gasteiger partial charge >= 0.3 is 0 Å². The zero-order chi connectivity index (χ0) is 19.9. The molecule has 1 aliphatic rings. The van der Waals surface area contributed by atoms with Crippen LogP contribution in [0.3, 0.4) is 0 Å². The number of hydrazine groups is 1. The van der Waals surface area contributed by atoms with E-state index in [1.807, 2.05) is 59.7 Å². The van der Waals surface area contributed by atoms with Gasteiger partial charge in [-0.3, -0.25) is 15.0 Å². The maximum absolute atomic E-state index is 13.2. The Hall–Kier alpha value is -2.82. The van der Waals surface area contributed by atoms with Crippen LogP contribution in [0.2, 0.25) is 0 Å². The molecule has 2 aromatic rings. The minimum atomic E-state index is -0.582. The quantitative estimate of drug-likeness (QED) is 0.815. The van der Waals surface area contributed by atoms with Gasteiger partial charge in [-0.15, -0.1) is 0 Å². The Balaban J connectivity index is 1.91. The minimum absolute atomic E-state index is 0.229. The molecule has 1 N–H and O–H groups in total. The number of ether oxygens (including phenoxy) is 1. The molecule has 0 aromatic heterocycles. The van der Waals surface area contributed by atoms with Crippen molar-refractivity contribution in [1.82, 2.24) is 10.4 Å². The van der Waals surface area contributed by atoms with E-state index in [2.05, 4.69) is 5.43 Å². The molecule has 0 aliphatic carbocycles. The van der Waals surface area contributed by atoms with Gasteiger partial charge in [0.2, 0.25) is 0 Å². The number of rotatable bonds is 2. The molecule has 2 amide bonds. The van der Waals surface area contributed by atoms with Crippen LogP contribution in [0.1, 0.15) is 63.7 Å². The first-order valence-electron chi connectivity index (χ1n) is 9.07. The number of fused-ring (bicyclic) bond motifs is 1. The highest BCUT2D eigenvalue weighted by Gasteiger charge is 2.31.